The number of ether oxygens (including phenoxy) is 1. The van der Waals surface area contributed by atoms with Crippen LogP contribution in [0, 0.1) is 0 Å². The molecule has 2 amide bonds. The van der Waals surface area contributed by atoms with E-state index in [9.17, 15) is 4.79 Å². The fourth-order valence-corrected chi connectivity index (χ4v) is 3.27. The third kappa shape index (κ3) is 3.55. The number of nitrogens with one attached hydrogen (secondary N) is 1. The quantitative estimate of drug-likeness (QED) is 0.904. The molecule has 2 aliphatic heterocycles. The Morgan fingerprint density at radius 3 is 2.86 bits per heavy atom. The second-order valence-electron chi connectivity index (χ2n) is 5.94. The van der Waals surface area contributed by atoms with Crippen molar-refractivity contribution in [2.75, 3.05) is 32.8 Å². The zero-order chi connectivity index (χ0) is 15.4. The van der Waals surface area contributed by atoms with Crippen molar-refractivity contribution in [3.8, 4) is 5.95 Å². The summed E-state index contributed by atoms with van der Waals surface area (Å²) in [7, 11) is 0. The fraction of sp³-hybridized carbons (Fsp3) is 0.688. The van der Waals surface area contributed by atoms with Gasteiger partial charge in [0, 0.05) is 38.3 Å². The van der Waals surface area contributed by atoms with Crippen molar-refractivity contribution in [2.45, 2.75) is 38.8 Å². The van der Waals surface area contributed by atoms with E-state index < -0.39 is 0 Å². The van der Waals surface area contributed by atoms with E-state index >= 15 is 0 Å². The van der Waals surface area contributed by atoms with Gasteiger partial charge < -0.3 is 19.4 Å². The van der Waals surface area contributed by atoms with Crippen LogP contribution in [0.5, 0.6) is 5.95 Å². The predicted molar refractivity (Wildman–Crippen MR) is 82.9 cm³/mol. The zero-order valence-corrected chi connectivity index (χ0v) is 13.2. The van der Waals surface area contributed by atoms with Crippen LogP contribution >= 0.6 is 0 Å². The van der Waals surface area contributed by atoms with Crippen molar-refractivity contribution < 1.29 is 13.9 Å². The first kappa shape index (κ1) is 15.2. The van der Waals surface area contributed by atoms with E-state index in [4.69, 9.17) is 9.15 Å². The summed E-state index contributed by atoms with van der Waals surface area (Å²) in [6.45, 7) is 7.09. The Balaban J connectivity index is 1.47. The minimum Gasteiger partial charge on any atom is -0.465 e. The first-order chi connectivity index (χ1) is 10.8. The smallest absolute Gasteiger partial charge is 0.317 e. The SMILES string of the molecule is CCOc1ccc(CN2CCC(N3CCCNC3=O)CC2)o1. The third-order valence-electron chi connectivity index (χ3n) is 4.41. The molecule has 0 radical (unpaired) electrons. The van der Waals surface area contributed by atoms with Crippen LogP contribution < -0.4 is 10.1 Å². The summed E-state index contributed by atoms with van der Waals surface area (Å²) in [5, 5.41) is 2.94. The monoisotopic (exact) mass is 307 g/mol. The molecule has 3 heterocycles. The van der Waals surface area contributed by atoms with Crippen molar-refractivity contribution >= 4 is 6.03 Å². The van der Waals surface area contributed by atoms with Gasteiger partial charge in [0.05, 0.1) is 13.2 Å². The van der Waals surface area contributed by atoms with Crippen LogP contribution in [0.15, 0.2) is 16.5 Å². The van der Waals surface area contributed by atoms with Gasteiger partial charge in [-0.2, -0.15) is 0 Å². The molecule has 1 aromatic rings. The maximum atomic E-state index is 11.9. The summed E-state index contributed by atoms with van der Waals surface area (Å²) < 4.78 is 11.0. The number of piperidine rings is 1. The van der Waals surface area contributed by atoms with E-state index in [1.807, 2.05) is 24.0 Å². The normalized spacial score (nSPS) is 21.0. The topological polar surface area (TPSA) is 58.0 Å². The van der Waals surface area contributed by atoms with Gasteiger partial charge in [-0.3, -0.25) is 4.90 Å². The van der Waals surface area contributed by atoms with Crippen LogP contribution in [-0.2, 0) is 6.54 Å². The molecule has 0 atom stereocenters. The van der Waals surface area contributed by atoms with E-state index in [0.29, 0.717) is 18.6 Å². The van der Waals surface area contributed by atoms with Crippen molar-refractivity contribution in [1.82, 2.24) is 15.1 Å². The number of likely N-dealkylation sites (tertiary alicyclic amines) is 1. The summed E-state index contributed by atoms with van der Waals surface area (Å²) in [5.41, 5.74) is 0. The Hall–Kier alpha value is -1.69. The first-order valence-corrected chi connectivity index (χ1v) is 8.24. The number of rotatable bonds is 5. The minimum atomic E-state index is 0.108. The first-order valence-electron chi connectivity index (χ1n) is 8.24. The van der Waals surface area contributed by atoms with Crippen LogP contribution in [-0.4, -0.2) is 54.7 Å². The predicted octanol–water partition coefficient (Wildman–Crippen LogP) is 2.06. The van der Waals surface area contributed by atoms with Crippen LogP contribution in [0.4, 0.5) is 4.79 Å². The van der Waals surface area contributed by atoms with Gasteiger partial charge in [-0.1, -0.05) is 0 Å². The lowest BCUT2D eigenvalue weighted by atomic mass is 10.0. The number of carbonyl (C=O) groups is 1. The Morgan fingerprint density at radius 1 is 1.32 bits per heavy atom. The number of carbonyl (C=O) groups excluding carboxylic acids is 1. The van der Waals surface area contributed by atoms with Crippen molar-refractivity contribution in [1.29, 1.82) is 0 Å². The van der Waals surface area contributed by atoms with Gasteiger partial charge in [-0.05, 0) is 32.3 Å². The molecule has 6 heteroatoms. The van der Waals surface area contributed by atoms with Crippen LogP contribution in [0.3, 0.4) is 0 Å². The lowest BCUT2D eigenvalue weighted by Crippen LogP contribution is -2.54. The fourth-order valence-electron chi connectivity index (χ4n) is 3.27. The molecule has 0 aliphatic carbocycles. The van der Waals surface area contributed by atoms with Crippen LogP contribution in [0.2, 0.25) is 0 Å². The number of urea groups is 1. The third-order valence-corrected chi connectivity index (χ3v) is 4.41. The highest BCUT2D eigenvalue weighted by Crippen LogP contribution is 2.22. The molecule has 0 unspecified atom stereocenters. The van der Waals surface area contributed by atoms with Gasteiger partial charge in [0.15, 0.2) is 0 Å². The largest absolute Gasteiger partial charge is 0.465 e. The molecule has 0 bridgehead atoms. The average molecular weight is 307 g/mol. The summed E-state index contributed by atoms with van der Waals surface area (Å²) in [6.07, 6.45) is 3.12. The number of hydrogen-bond donors (Lipinski definition) is 1. The summed E-state index contributed by atoms with van der Waals surface area (Å²) in [4.78, 5) is 16.3. The number of furan rings is 1. The standard InChI is InChI=1S/C16H25N3O3/c1-2-21-15-5-4-14(22-15)12-18-10-6-13(7-11-18)19-9-3-8-17-16(19)20/h4-5,13H,2-3,6-12H2,1H3,(H,17,20). The van der Waals surface area contributed by atoms with E-state index in [1.165, 1.54) is 0 Å². The van der Waals surface area contributed by atoms with Gasteiger partial charge in [-0.15, -0.1) is 0 Å². The highest BCUT2D eigenvalue weighted by molar-refractivity contribution is 5.75. The molecule has 2 aliphatic rings. The van der Waals surface area contributed by atoms with Crippen molar-refractivity contribution in [2.24, 2.45) is 0 Å². The Labute approximate surface area is 131 Å². The van der Waals surface area contributed by atoms with E-state index in [-0.39, 0.29) is 6.03 Å². The van der Waals surface area contributed by atoms with Gasteiger partial charge in [0.1, 0.15) is 5.76 Å². The zero-order valence-electron chi connectivity index (χ0n) is 13.2. The Morgan fingerprint density at radius 2 is 2.14 bits per heavy atom. The van der Waals surface area contributed by atoms with Crippen molar-refractivity contribution in [3.63, 3.8) is 0 Å². The lowest BCUT2D eigenvalue weighted by molar-refractivity contribution is 0.104. The molecule has 0 aromatic carbocycles. The van der Waals surface area contributed by atoms with E-state index in [0.717, 1.165) is 57.7 Å². The Bertz CT molecular complexity index is 495. The summed E-state index contributed by atoms with van der Waals surface area (Å²) >= 11 is 0. The molecule has 3 rings (SSSR count). The lowest BCUT2D eigenvalue weighted by Gasteiger charge is -2.40. The molecule has 122 valence electrons. The van der Waals surface area contributed by atoms with Gasteiger partial charge in [0.2, 0.25) is 0 Å². The van der Waals surface area contributed by atoms with Crippen molar-refractivity contribution in [3.05, 3.63) is 17.9 Å². The van der Waals surface area contributed by atoms with Gasteiger partial charge >= 0.3 is 6.03 Å². The minimum absolute atomic E-state index is 0.108. The molecular formula is C16H25N3O3. The molecule has 2 saturated heterocycles. The number of amides is 2. The summed E-state index contributed by atoms with van der Waals surface area (Å²) in [6, 6.07) is 4.35. The molecule has 22 heavy (non-hydrogen) atoms. The molecular weight excluding hydrogens is 282 g/mol. The second kappa shape index (κ2) is 7.05. The molecule has 0 saturated carbocycles. The molecule has 1 N–H and O–H groups in total. The number of nitrogens with zero attached hydrogens (tertiary/aromatic N) is 2. The van der Waals surface area contributed by atoms with E-state index in [2.05, 4.69) is 10.2 Å². The van der Waals surface area contributed by atoms with Gasteiger partial charge in [-0.25, -0.2) is 4.79 Å². The van der Waals surface area contributed by atoms with Gasteiger partial charge in [0.25, 0.3) is 5.95 Å². The highest BCUT2D eigenvalue weighted by Gasteiger charge is 2.29. The van der Waals surface area contributed by atoms with E-state index in [1.54, 1.807) is 0 Å². The maximum absolute atomic E-state index is 11.9. The van der Waals surface area contributed by atoms with Crippen LogP contribution in [0.25, 0.3) is 0 Å². The molecule has 1 aromatic heterocycles. The summed E-state index contributed by atoms with van der Waals surface area (Å²) in [5.74, 6) is 1.54. The molecule has 0 spiro atoms. The highest BCUT2D eigenvalue weighted by atomic mass is 16.6. The van der Waals surface area contributed by atoms with Crippen LogP contribution in [0.1, 0.15) is 31.9 Å². The maximum Gasteiger partial charge on any atom is 0.317 e. The Kier molecular flexibility index (Phi) is 4.87. The molecule has 2 fully saturated rings. The number of hydrogen-bond acceptors (Lipinski definition) is 4. The molecule has 6 nitrogen and oxygen atoms in total. The second-order valence-corrected chi connectivity index (χ2v) is 5.94. The average Bonchev–Trinajstić information content (AvgIpc) is 2.96.